The molecule has 0 fully saturated rings. The molecule has 16 heavy (non-hydrogen) atoms. The fraction of sp³-hybridized carbons (Fsp3) is 0.636. The van der Waals surface area contributed by atoms with Crippen LogP contribution in [-0.4, -0.2) is 35.5 Å². The fourth-order valence-corrected chi connectivity index (χ4v) is 1.48. The van der Waals surface area contributed by atoms with Crippen molar-refractivity contribution in [3.8, 4) is 5.88 Å². The molecule has 1 atom stereocenters. The second-order valence-electron chi connectivity index (χ2n) is 3.73. The predicted octanol–water partition coefficient (Wildman–Crippen LogP) is 2.33. The minimum atomic E-state index is 0.0759. The van der Waals surface area contributed by atoms with Crippen LogP contribution in [0.2, 0.25) is 0 Å². The largest absolute Gasteiger partial charge is 0.477 e. The number of hydrogen-bond donors (Lipinski definition) is 0. The lowest BCUT2D eigenvalue weighted by Gasteiger charge is -2.19. The molecule has 1 unspecified atom stereocenters. The molecule has 5 heteroatoms. The molecule has 0 aromatic carbocycles. The Labute approximate surface area is 102 Å². The van der Waals surface area contributed by atoms with Gasteiger partial charge in [-0.25, -0.2) is 0 Å². The van der Waals surface area contributed by atoms with Crippen LogP contribution in [0.15, 0.2) is 12.4 Å². The Kier molecular flexibility index (Phi) is 5.32. The van der Waals surface area contributed by atoms with E-state index in [1.54, 1.807) is 12.4 Å². The van der Waals surface area contributed by atoms with Gasteiger partial charge in [0.1, 0.15) is 0 Å². The second kappa shape index (κ2) is 6.53. The van der Waals surface area contributed by atoms with E-state index in [0.29, 0.717) is 12.5 Å². The van der Waals surface area contributed by atoms with Crippen molar-refractivity contribution in [2.45, 2.75) is 25.6 Å². The van der Waals surface area contributed by atoms with E-state index in [-0.39, 0.29) is 5.38 Å². The monoisotopic (exact) mass is 243 g/mol. The summed E-state index contributed by atoms with van der Waals surface area (Å²) in [5.41, 5.74) is 0. The number of nitrogens with zero attached hydrogens (tertiary/aromatic N) is 3. The van der Waals surface area contributed by atoms with Crippen LogP contribution in [0.5, 0.6) is 5.88 Å². The van der Waals surface area contributed by atoms with Crippen LogP contribution in [0, 0.1) is 0 Å². The first-order valence-electron chi connectivity index (χ1n) is 5.43. The van der Waals surface area contributed by atoms with Crippen molar-refractivity contribution in [1.82, 2.24) is 9.97 Å². The molecule has 1 aromatic heterocycles. The molecular formula is C11H18ClN3O. The molecule has 1 rings (SSSR count). The summed E-state index contributed by atoms with van der Waals surface area (Å²) in [6.07, 6.45) is 4.29. The first-order chi connectivity index (χ1) is 7.63. The number of anilines is 1. The smallest absolute Gasteiger partial charge is 0.234 e. The third kappa shape index (κ3) is 4.23. The van der Waals surface area contributed by atoms with Gasteiger partial charge in [0.15, 0.2) is 5.82 Å². The molecule has 0 amide bonds. The second-order valence-corrected chi connectivity index (χ2v) is 4.47. The van der Waals surface area contributed by atoms with Gasteiger partial charge in [-0.1, -0.05) is 6.92 Å². The zero-order chi connectivity index (χ0) is 12.0. The van der Waals surface area contributed by atoms with Crippen molar-refractivity contribution >= 4 is 17.4 Å². The molecule has 90 valence electrons. The van der Waals surface area contributed by atoms with Crippen molar-refractivity contribution in [3.05, 3.63) is 12.4 Å². The Morgan fingerprint density at radius 1 is 1.50 bits per heavy atom. The number of aromatic nitrogens is 2. The summed E-state index contributed by atoms with van der Waals surface area (Å²) in [6.45, 7) is 5.39. The van der Waals surface area contributed by atoms with Gasteiger partial charge in [0.05, 0.1) is 19.0 Å². The lowest BCUT2D eigenvalue weighted by atomic mass is 10.4. The maximum atomic E-state index is 5.92. The zero-order valence-corrected chi connectivity index (χ0v) is 10.7. The first-order valence-corrected chi connectivity index (χ1v) is 5.87. The highest BCUT2D eigenvalue weighted by molar-refractivity contribution is 6.20. The lowest BCUT2D eigenvalue weighted by Crippen LogP contribution is -2.25. The van der Waals surface area contributed by atoms with Crippen LogP contribution >= 0.6 is 11.6 Å². The molecule has 0 bridgehead atoms. The molecule has 0 saturated heterocycles. The van der Waals surface area contributed by atoms with Crippen molar-refractivity contribution in [2.75, 3.05) is 25.1 Å². The van der Waals surface area contributed by atoms with E-state index < -0.39 is 0 Å². The third-order valence-electron chi connectivity index (χ3n) is 1.97. The van der Waals surface area contributed by atoms with Crippen molar-refractivity contribution in [3.63, 3.8) is 0 Å². The topological polar surface area (TPSA) is 38.2 Å². The molecule has 1 aromatic rings. The highest BCUT2D eigenvalue weighted by Crippen LogP contribution is 2.13. The standard InChI is InChI=1S/C11H18ClN3O/c1-4-5-16-11-7-13-6-10(14-11)15(3)8-9(2)12/h6-7,9H,4-5,8H2,1-3H3. The summed E-state index contributed by atoms with van der Waals surface area (Å²) in [5, 5.41) is 0.0759. The number of rotatable bonds is 6. The number of ether oxygens (including phenoxy) is 1. The summed E-state index contributed by atoms with van der Waals surface area (Å²) >= 11 is 5.92. The van der Waals surface area contributed by atoms with Crippen LogP contribution in [0.4, 0.5) is 5.82 Å². The maximum absolute atomic E-state index is 5.92. The molecule has 0 aliphatic heterocycles. The van der Waals surface area contributed by atoms with E-state index >= 15 is 0 Å². The van der Waals surface area contributed by atoms with Gasteiger partial charge in [-0.15, -0.1) is 11.6 Å². The van der Waals surface area contributed by atoms with Gasteiger partial charge in [-0.3, -0.25) is 4.98 Å². The molecule has 0 radical (unpaired) electrons. The average molecular weight is 244 g/mol. The number of alkyl halides is 1. The first kappa shape index (κ1) is 13.0. The molecule has 1 heterocycles. The highest BCUT2D eigenvalue weighted by atomic mass is 35.5. The minimum Gasteiger partial charge on any atom is -0.477 e. The molecular weight excluding hydrogens is 226 g/mol. The summed E-state index contributed by atoms with van der Waals surface area (Å²) in [6, 6.07) is 0. The summed E-state index contributed by atoms with van der Waals surface area (Å²) in [4.78, 5) is 10.4. The van der Waals surface area contributed by atoms with Gasteiger partial charge in [-0.2, -0.15) is 4.98 Å². The normalized spacial score (nSPS) is 12.2. The van der Waals surface area contributed by atoms with Crippen LogP contribution < -0.4 is 9.64 Å². The van der Waals surface area contributed by atoms with Gasteiger partial charge in [0, 0.05) is 19.0 Å². The fourth-order valence-electron chi connectivity index (χ4n) is 1.27. The number of hydrogen-bond acceptors (Lipinski definition) is 4. The van der Waals surface area contributed by atoms with E-state index in [1.165, 1.54) is 0 Å². The zero-order valence-electron chi connectivity index (χ0n) is 9.98. The quantitative estimate of drug-likeness (QED) is 0.719. The van der Waals surface area contributed by atoms with Crippen LogP contribution in [0.3, 0.4) is 0 Å². The number of halogens is 1. The lowest BCUT2D eigenvalue weighted by molar-refractivity contribution is 0.304. The average Bonchev–Trinajstić information content (AvgIpc) is 2.26. The molecule has 0 aliphatic rings. The van der Waals surface area contributed by atoms with Crippen LogP contribution in [0.25, 0.3) is 0 Å². The van der Waals surface area contributed by atoms with E-state index in [1.807, 2.05) is 18.9 Å². The minimum absolute atomic E-state index is 0.0759. The van der Waals surface area contributed by atoms with Crippen molar-refractivity contribution in [2.24, 2.45) is 0 Å². The van der Waals surface area contributed by atoms with Gasteiger partial charge < -0.3 is 9.64 Å². The van der Waals surface area contributed by atoms with E-state index in [2.05, 4.69) is 16.9 Å². The maximum Gasteiger partial charge on any atom is 0.234 e. The van der Waals surface area contributed by atoms with Gasteiger partial charge in [-0.05, 0) is 13.3 Å². The molecule has 0 saturated carbocycles. The van der Waals surface area contributed by atoms with Gasteiger partial charge in [0.25, 0.3) is 0 Å². The van der Waals surface area contributed by atoms with E-state index in [9.17, 15) is 0 Å². The molecule has 0 spiro atoms. The Balaban J connectivity index is 2.65. The SMILES string of the molecule is CCCOc1cncc(N(C)CC(C)Cl)n1. The Bertz CT molecular complexity index is 320. The van der Waals surface area contributed by atoms with Gasteiger partial charge >= 0.3 is 0 Å². The Morgan fingerprint density at radius 3 is 2.88 bits per heavy atom. The van der Waals surface area contributed by atoms with E-state index in [4.69, 9.17) is 16.3 Å². The predicted molar refractivity (Wildman–Crippen MR) is 66.4 cm³/mol. The highest BCUT2D eigenvalue weighted by Gasteiger charge is 2.07. The van der Waals surface area contributed by atoms with E-state index in [0.717, 1.165) is 18.8 Å². The Morgan fingerprint density at radius 2 is 2.25 bits per heavy atom. The van der Waals surface area contributed by atoms with Crippen LogP contribution in [-0.2, 0) is 0 Å². The van der Waals surface area contributed by atoms with Crippen molar-refractivity contribution in [1.29, 1.82) is 0 Å². The molecule has 0 N–H and O–H groups in total. The molecule has 4 nitrogen and oxygen atoms in total. The van der Waals surface area contributed by atoms with Crippen LogP contribution in [0.1, 0.15) is 20.3 Å². The van der Waals surface area contributed by atoms with Crippen molar-refractivity contribution < 1.29 is 4.74 Å². The summed E-state index contributed by atoms with van der Waals surface area (Å²) in [7, 11) is 1.94. The molecule has 0 aliphatic carbocycles. The Hall–Kier alpha value is -1.03. The van der Waals surface area contributed by atoms with Gasteiger partial charge in [0.2, 0.25) is 5.88 Å². The summed E-state index contributed by atoms with van der Waals surface area (Å²) < 4.78 is 5.42. The summed E-state index contributed by atoms with van der Waals surface area (Å²) in [5.74, 6) is 1.34. The third-order valence-corrected chi connectivity index (χ3v) is 2.11.